The highest BCUT2D eigenvalue weighted by atomic mass is 19.1. The molecule has 3 nitrogen and oxygen atoms in total. The van der Waals surface area contributed by atoms with E-state index in [1.807, 2.05) is 0 Å². The number of halogens is 3. The summed E-state index contributed by atoms with van der Waals surface area (Å²) in [5, 5.41) is 0. The van der Waals surface area contributed by atoms with Crippen molar-refractivity contribution in [2.75, 3.05) is 20.6 Å². The number of alkyl halides is 3. The van der Waals surface area contributed by atoms with E-state index in [-0.39, 0.29) is 0 Å². The highest BCUT2D eigenvalue weighted by Crippen LogP contribution is 2.24. The van der Waals surface area contributed by atoms with E-state index in [4.69, 9.17) is 0 Å². The first-order valence-electron chi connectivity index (χ1n) is 4.77. The van der Waals surface area contributed by atoms with Crippen molar-refractivity contribution in [3.63, 3.8) is 0 Å². The lowest BCUT2D eigenvalue weighted by molar-refractivity contribution is -0.383. The lowest BCUT2D eigenvalue weighted by Gasteiger charge is -2.29. The summed E-state index contributed by atoms with van der Waals surface area (Å²) in [5.41, 5.74) is 0.517. The molecule has 1 aromatic carbocycles. The Hall–Kier alpha value is -1.11. The predicted molar refractivity (Wildman–Crippen MR) is 53.8 cm³/mol. The Balaban J connectivity index is 2.80. The molecular formula is C11H12F3O3. The molecule has 6 heteroatoms. The van der Waals surface area contributed by atoms with Gasteiger partial charge in [0, 0.05) is 0 Å². The van der Waals surface area contributed by atoms with Gasteiger partial charge in [-0.15, -0.1) is 0 Å². The van der Waals surface area contributed by atoms with Gasteiger partial charge in [0.05, 0.1) is 6.42 Å². The number of hydrogen-bond donors (Lipinski definition) is 0. The molecule has 0 atom stereocenters. The van der Waals surface area contributed by atoms with E-state index in [0.29, 0.717) is 5.56 Å². The van der Waals surface area contributed by atoms with Crippen molar-refractivity contribution >= 4 is 0 Å². The van der Waals surface area contributed by atoms with Crippen molar-refractivity contribution in [2.24, 2.45) is 0 Å². The zero-order valence-electron chi connectivity index (χ0n) is 8.94. The summed E-state index contributed by atoms with van der Waals surface area (Å²) in [6.07, 6.45) is 1.14. The molecular weight excluding hydrogens is 237 g/mol. The largest absolute Gasteiger partial charge is 0.297 e. The second-order valence-corrected chi connectivity index (χ2v) is 2.92. The Bertz CT molecular complexity index is 291. The van der Waals surface area contributed by atoms with Crippen LogP contribution in [0.5, 0.6) is 0 Å². The summed E-state index contributed by atoms with van der Waals surface area (Å²) in [7, 11) is 0. The van der Waals surface area contributed by atoms with Gasteiger partial charge in [-0.2, -0.15) is 0 Å². The van der Waals surface area contributed by atoms with Crippen LogP contribution >= 0.6 is 0 Å². The van der Waals surface area contributed by atoms with Gasteiger partial charge in [0.15, 0.2) is 20.6 Å². The normalized spacial score (nSPS) is 11.7. The van der Waals surface area contributed by atoms with Gasteiger partial charge < -0.3 is 0 Å². The zero-order chi connectivity index (χ0) is 12.6. The van der Waals surface area contributed by atoms with E-state index in [1.165, 1.54) is 0 Å². The monoisotopic (exact) mass is 249 g/mol. The van der Waals surface area contributed by atoms with Crippen molar-refractivity contribution in [3.8, 4) is 0 Å². The van der Waals surface area contributed by atoms with Crippen molar-refractivity contribution in [1.29, 1.82) is 0 Å². The highest BCUT2D eigenvalue weighted by molar-refractivity contribution is 5.24. The van der Waals surface area contributed by atoms with Gasteiger partial charge in [-0.3, -0.25) is 14.2 Å². The van der Waals surface area contributed by atoms with Crippen LogP contribution in [-0.4, -0.2) is 26.6 Å². The molecule has 0 amide bonds. The van der Waals surface area contributed by atoms with E-state index in [0.717, 1.165) is 6.42 Å². The van der Waals surface area contributed by atoms with Gasteiger partial charge in [0.2, 0.25) is 0 Å². The van der Waals surface area contributed by atoms with Crippen LogP contribution in [0.15, 0.2) is 30.3 Å². The summed E-state index contributed by atoms with van der Waals surface area (Å²) in [4.78, 5) is 0. The smallest absolute Gasteiger partial charge is 0.295 e. The third-order valence-corrected chi connectivity index (χ3v) is 1.91. The van der Waals surface area contributed by atoms with E-state index < -0.39 is 26.6 Å². The van der Waals surface area contributed by atoms with E-state index in [2.05, 4.69) is 14.2 Å². The quantitative estimate of drug-likeness (QED) is 0.663. The zero-order valence-corrected chi connectivity index (χ0v) is 8.94. The Morgan fingerprint density at radius 1 is 0.882 bits per heavy atom. The van der Waals surface area contributed by atoms with Crippen LogP contribution in [0.3, 0.4) is 0 Å². The minimum absolute atomic E-state index is 0.517. The van der Waals surface area contributed by atoms with Crippen molar-refractivity contribution < 1.29 is 27.4 Å². The van der Waals surface area contributed by atoms with Crippen molar-refractivity contribution in [3.05, 3.63) is 42.3 Å². The standard InChI is InChI=1S/C11H12F3O3/c12-7-15-11(16-8-13,17-9-14)6-10-4-2-1-3-5-10/h1-6H,7-9H2. The molecule has 0 aliphatic heterocycles. The van der Waals surface area contributed by atoms with Crippen LogP contribution in [0, 0.1) is 6.42 Å². The first-order valence-corrected chi connectivity index (χ1v) is 4.77. The van der Waals surface area contributed by atoms with Crippen molar-refractivity contribution in [1.82, 2.24) is 0 Å². The molecule has 0 aromatic heterocycles. The van der Waals surface area contributed by atoms with Crippen LogP contribution in [-0.2, 0) is 14.2 Å². The molecule has 95 valence electrons. The van der Waals surface area contributed by atoms with Gasteiger partial charge in [0.25, 0.3) is 5.97 Å². The number of rotatable bonds is 8. The molecule has 0 spiro atoms. The molecule has 0 saturated carbocycles. The molecule has 0 N–H and O–H groups in total. The summed E-state index contributed by atoms with van der Waals surface area (Å²) in [6.45, 7) is -3.91. The van der Waals surface area contributed by atoms with Crippen LogP contribution < -0.4 is 0 Å². The maximum Gasteiger partial charge on any atom is 0.297 e. The summed E-state index contributed by atoms with van der Waals surface area (Å²) >= 11 is 0. The number of hydrogen-bond acceptors (Lipinski definition) is 3. The van der Waals surface area contributed by atoms with Crippen LogP contribution in [0.25, 0.3) is 0 Å². The van der Waals surface area contributed by atoms with Gasteiger partial charge in [-0.05, 0) is 5.56 Å². The van der Waals surface area contributed by atoms with Gasteiger partial charge in [-0.1, -0.05) is 30.3 Å². The fourth-order valence-electron chi connectivity index (χ4n) is 1.23. The molecule has 17 heavy (non-hydrogen) atoms. The average molecular weight is 249 g/mol. The molecule has 0 heterocycles. The second kappa shape index (κ2) is 7.26. The van der Waals surface area contributed by atoms with Gasteiger partial charge >= 0.3 is 0 Å². The summed E-state index contributed by atoms with van der Waals surface area (Å²) in [5.74, 6) is -2.19. The maximum absolute atomic E-state index is 12.2. The third-order valence-electron chi connectivity index (χ3n) is 1.91. The molecule has 1 aromatic rings. The molecule has 1 rings (SSSR count). The number of benzene rings is 1. The summed E-state index contributed by atoms with van der Waals surface area (Å²) in [6, 6.07) is 8.38. The molecule has 0 fully saturated rings. The van der Waals surface area contributed by atoms with E-state index in [9.17, 15) is 13.2 Å². The topological polar surface area (TPSA) is 27.7 Å². The van der Waals surface area contributed by atoms with Crippen LogP contribution in [0.1, 0.15) is 5.56 Å². The fourth-order valence-corrected chi connectivity index (χ4v) is 1.23. The number of ether oxygens (including phenoxy) is 3. The molecule has 0 unspecified atom stereocenters. The molecule has 0 aliphatic carbocycles. The SMILES string of the molecule is FCOC([CH]c1ccccc1)(OCF)OCF. The Labute approximate surface area is 97.1 Å². The fraction of sp³-hybridized carbons (Fsp3) is 0.364. The highest BCUT2D eigenvalue weighted by Gasteiger charge is 2.35. The van der Waals surface area contributed by atoms with Crippen LogP contribution in [0.2, 0.25) is 0 Å². The van der Waals surface area contributed by atoms with Crippen LogP contribution in [0.4, 0.5) is 13.2 Å². The minimum atomic E-state index is -2.19. The first-order chi connectivity index (χ1) is 8.26. The summed E-state index contributed by atoms with van der Waals surface area (Å²) < 4.78 is 50.0. The Morgan fingerprint density at radius 2 is 1.35 bits per heavy atom. The van der Waals surface area contributed by atoms with Crippen molar-refractivity contribution in [2.45, 2.75) is 5.97 Å². The van der Waals surface area contributed by atoms with Gasteiger partial charge in [-0.25, -0.2) is 13.2 Å². The second-order valence-electron chi connectivity index (χ2n) is 2.92. The maximum atomic E-state index is 12.2. The molecule has 0 saturated heterocycles. The molecule has 0 bridgehead atoms. The van der Waals surface area contributed by atoms with E-state index in [1.54, 1.807) is 30.3 Å². The molecule has 1 radical (unpaired) electrons. The minimum Gasteiger partial charge on any atom is -0.295 e. The first kappa shape index (κ1) is 14.0. The Kier molecular flexibility index (Phi) is 5.96. The van der Waals surface area contributed by atoms with Gasteiger partial charge in [0.1, 0.15) is 0 Å². The molecule has 0 aliphatic rings. The lowest BCUT2D eigenvalue weighted by Crippen LogP contribution is -2.40. The third kappa shape index (κ3) is 4.33. The Morgan fingerprint density at radius 3 is 1.76 bits per heavy atom. The average Bonchev–Trinajstić information content (AvgIpc) is 2.31. The lowest BCUT2D eigenvalue weighted by atomic mass is 10.1. The predicted octanol–water partition coefficient (Wildman–Crippen LogP) is 2.72. The van der Waals surface area contributed by atoms with E-state index >= 15 is 0 Å².